The highest BCUT2D eigenvalue weighted by Crippen LogP contribution is 2.29. The topological polar surface area (TPSA) is 39.4 Å². The standard InChI is InChI=1S/C14H7F3O3/c15-14(16,17)20-8-5-6-12-11(7-8)9-3-1-2-4-10(9)13(18)19-12/h1-7H. The first kappa shape index (κ1) is 12.5. The molecule has 0 saturated carbocycles. The zero-order valence-electron chi connectivity index (χ0n) is 9.90. The number of hydrogen-bond acceptors (Lipinski definition) is 3. The molecule has 2 aromatic carbocycles. The SMILES string of the molecule is O=c1oc2ccc(OC(F)(F)F)cc2c2ccccc12. The van der Waals surface area contributed by atoms with Gasteiger partial charge in [0.25, 0.3) is 0 Å². The van der Waals surface area contributed by atoms with Crippen LogP contribution in [0.5, 0.6) is 5.75 Å². The minimum Gasteiger partial charge on any atom is -0.422 e. The molecule has 0 aliphatic heterocycles. The summed E-state index contributed by atoms with van der Waals surface area (Å²) < 4.78 is 45.6. The zero-order valence-corrected chi connectivity index (χ0v) is 9.90. The van der Waals surface area contributed by atoms with Crippen LogP contribution in [0.3, 0.4) is 0 Å². The molecule has 0 spiro atoms. The van der Waals surface area contributed by atoms with Gasteiger partial charge in [0.2, 0.25) is 0 Å². The Morgan fingerprint density at radius 2 is 1.65 bits per heavy atom. The van der Waals surface area contributed by atoms with E-state index in [9.17, 15) is 18.0 Å². The van der Waals surface area contributed by atoms with Gasteiger partial charge in [0.05, 0.1) is 5.39 Å². The zero-order chi connectivity index (χ0) is 14.3. The molecule has 0 bridgehead atoms. The Morgan fingerprint density at radius 3 is 2.35 bits per heavy atom. The number of alkyl halides is 3. The fourth-order valence-electron chi connectivity index (χ4n) is 2.06. The van der Waals surface area contributed by atoms with Gasteiger partial charge in [-0.3, -0.25) is 0 Å². The maximum absolute atomic E-state index is 12.2. The van der Waals surface area contributed by atoms with Crippen molar-refractivity contribution in [1.82, 2.24) is 0 Å². The van der Waals surface area contributed by atoms with E-state index in [0.29, 0.717) is 16.2 Å². The lowest BCUT2D eigenvalue weighted by Gasteiger charge is -2.09. The first-order valence-corrected chi connectivity index (χ1v) is 5.65. The maximum atomic E-state index is 12.2. The van der Waals surface area contributed by atoms with Crippen molar-refractivity contribution < 1.29 is 22.3 Å². The van der Waals surface area contributed by atoms with E-state index >= 15 is 0 Å². The predicted molar refractivity (Wildman–Crippen MR) is 66.7 cm³/mol. The molecule has 3 nitrogen and oxygen atoms in total. The van der Waals surface area contributed by atoms with Gasteiger partial charge in [0.15, 0.2) is 0 Å². The highest BCUT2D eigenvalue weighted by atomic mass is 19.4. The average Bonchev–Trinajstić information content (AvgIpc) is 2.38. The fourth-order valence-corrected chi connectivity index (χ4v) is 2.06. The smallest absolute Gasteiger partial charge is 0.422 e. The minimum absolute atomic E-state index is 0.211. The second-order valence-corrected chi connectivity index (χ2v) is 4.14. The third-order valence-corrected chi connectivity index (χ3v) is 2.82. The second kappa shape index (κ2) is 4.26. The summed E-state index contributed by atoms with van der Waals surface area (Å²) in [5, 5.41) is 1.22. The van der Waals surface area contributed by atoms with E-state index in [0.717, 1.165) is 6.07 Å². The fraction of sp³-hybridized carbons (Fsp3) is 0.0714. The number of benzene rings is 2. The molecule has 0 aliphatic carbocycles. The quantitative estimate of drug-likeness (QED) is 0.502. The van der Waals surface area contributed by atoms with Gasteiger partial charge in [-0.15, -0.1) is 13.2 Å². The van der Waals surface area contributed by atoms with Crippen molar-refractivity contribution >= 4 is 21.7 Å². The average molecular weight is 280 g/mol. The van der Waals surface area contributed by atoms with Crippen molar-refractivity contribution in [2.45, 2.75) is 6.36 Å². The first-order valence-electron chi connectivity index (χ1n) is 5.65. The second-order valence-electron chi connectivity index (χ2n) is 4.14. The Labute approximate surface area is 110 Å². The molecule has 1 aromatic heterocycles. The van der Waals surface area contributed by atoms with Crippen LogP contribution in [0.25, 0.3) is 21.7 Å². The lowest BCUT2D eigenvalue weighted by atomic mass is 10.1. The van der Waals surface area contributed by atoms with Crippen LogP contribution >= 0.6 is 0 Å². The van der Waals surface area contributed by atoms with E-state index in [1.807, 2.05) is 0 Å². The Hall–Kier alpha value is -2.50. The summed E-state index contributed by atoms with van der Waals surface area (Å²) in [4.78, 5) is 11.7. The molecule has 0 fully saturated rings. The van der Waals surface area contributed by atoms with Crippen molar-refractivity contribution in [3.63, 3.8) is 0 Å². The number of hydrogen-bond donors (Lipinski definition) is 0. The largest absolute Gasteiger partial charge is 0.573 e. The summed E-state index contributed by atoms with van der Waals surface area (Å²) in [5.74, 6) is -0.357. The van der Waals surface area contributed by atoms with E-state index in [1.165, 1.54) is 12.1 Å². The third kappa shape index (κ3) is 2.20. The molecule has 102 valence electrons. The first-order chi connectivity index (χ1) is 9.44. The van der Waals surface area contributed by atoms with Gasteiger partial charge in [-0.1, -0.05) is 18.2 Å². The molecular formula is C14H7F3O3. The Morgan fingerprint density at radius 1 is 0.950 bits per heavy atom. The van der Waals surface area contributed by atoms with E-state index in [1.54, 1.807) is 24.3 Å². The van der Waals surface area contributed by atoms with E-state index in [-0.39, 0.29) is 11.3 Å². The van der Waals surface area contributed by atoms with E-state index in [4.69, 9.17) is 4.42 Å². The molecule has 0 aliphatic rings. The van der Waals surface area contributed by atoms with E-state index in [2.05, 4.69) is 4.74 Å². The lowest BCUT2D eigenvalue weighted by Crippen LogP contribution is -2.17. The van der Waals surface area contributed by atoms with Crippen molar-refractivity contribution in [3.8, 4) is 5.75 Å². The molecule has 6 heteroatoms. The van der Waals surface area contributed by atoms with Crippen molar-refractivity contribution in [2.75, 3.05) is 0 Å². The number of halogens is 3. The maximum Gasteiger partial charge on any atom is 0.573 e. The van der Waals surface area contributed by atoms with Gasteiger partial charge in [0.1, 0.15) is 11.3 Å². The van der Waals surface area contributed by atoms with Gasteiger partial charge in [-0.25, -0.2) is 4.79 Å². The van der Waals surface area contributed by atoms with Crippen LogP contribution in [0.15, 0.2) is 51.7 Å². The van der Waals surface area contributed by atoms with Crippen LogP contribution in [0, 0.1) is 0 Å². The summed E-state index contributed by atoms with van der Waals surface area (Å²) in [6, 6.07) is 10.1. The molecule has 0 saturated heterocycles. The monoisotopic (exact) mass is 280 g/mol. The van der Waals surface area contributed by atoms with Crippen LogP contribution < -0.4 is 10.4 Å². The Bertz CT molecular complexity index is 850. The molecule has 0 amide bonds. The molecule has 20 heavy (non-hydrogen) atoms. The minimum atomic E-state index is -4.76. The van der Waals surface area contributed by atoms with Crippen LogP contribution in [0.1, 0.15) is 0 Å². The number of fused-ring (bicyclic) bond motifs is 3. The van der Waals surface area contributed by atoms with Crippen molar-refractivity contribution in [1.29, 1.82) is 0 Å². The predicted octanol–water partition coefficient (Wildman–Crippen LogP) is 3.84. The molecule has 0 N–H and O–H groups in total. The molecule has 0 radical (unpaired) electrons. The Balaban J connectivity index is 2.30. The lowest BCUT2D eigenvalue weighted by molar-refractivity contribution is -0.274. The van der Waals surface area contributed by atoms with Gasteiger partial charge < -0.3 is 9.15 Å². The van der Waals surface area contributed by atoms with Gasteiger partial charge in [-0.2, -0.15) is 0 Å². The number of ether oxygens (including phenoxy) is 1. The van der Waals surface area contributed by atoms with E-state index < -0.39 is 12.0 Å². The molecule has 3 rings (SSSR count). The highest BCUT2D eigenvalue weighted by Gasteiger charge is 2.31. The summed E-state index contributed by atoms with van der Waals surface area (Å²) in [6.45, 7) is 0. The summed E-state index contributed by atoms with van der Waals surface area (Å²) >= 11 is 0. The van der Waals surface area contributed by atoms with Gasteiger partial charge in [-0.05, 0) is 24.3 Å². The Kier molecular flexibility index (Phi) is 2.67. The summed E-state index contributed by atoms with van der Waals surface area (Å²) in [7, 11) is 0. The summed E-state index contributed by atoms with van der Waals surface area (Å²) in [5.41, 5.74) is -0.319. The third-order valence-electron chi connectivity index (χ3n) is 2.82. The van der Waals surface area contributed by atoms with Crippen molar-refractivity contribution in [2.24, 2.45) is 0 Å². The highest BCUT2D eigenvalue weighted by molar-refractivity contribution is 6.04. The normalized spacial score (nSPS) is 11.9. The van der Waals surface area contributed by atoms with Gasteiger partial charge >= 0.3 is 12.0 Å². The molecular weight excluding hydrogens is 273 g/mol. The molecule has 0 atom stereocenters. The molecule has 0 unspecified atom stereocenters. The van der Waals surface area contributed by atoms with Crippen LogP contribution in [-0.2, 0) is 0 Å². The van der Waals surface area contributed by atoms with Crippen LogP contribution in [0.2, 0.25) is 0 Å². The summed E-state index contributed by atoms with van der Waals surface area (Å²) in [6.07, 6.45) is -4.76. The van der Waals surface area contributed by atoms with Crippen molar-refractivity contribution in [3.05, 3.63) is 52.9 Å². The van der Waals surface area contributed by atoms with Crippen LogP contribution in [-0.4, -0.2) is 6.36 Å². The van der Waals surface area contributed by atoms with Gasteiger partial charge in [0, 0.05) is 10.8 Å². The molecule has 1 heterocycles. The van der Waals surface area contributed by atoms with Crippen LogP contribution in [0.4, 0.5) is 13.2 Å². The molecule has 3 aromatic rings. The number of rotatable bonds is 1.